The molecule has 0 aliphatic carbocycles. The van der Waals surface area contributed by atoms with Crippen LogP contribution in [0.15, 0.2) is 121 Å². The van der Waals surface area contributed by atoms with Crippen molar-refractivity contribution in [3.05, 3.63) is 121 Å². The summed E-state index contributed by atoms with van der Waals surface area (Å²) < 4.78 is 0. The molecule has 32 heavy (non-hydrogen) atoms. The second-order valence-electron chi connectivity index (χ2n) is 7.00. The van der Waals surface area contributed by atoms with Gasteiger partial charge in [0.25, 0.3) is 0 Å². The molecule has 0 saturated carbocycles. The minimum absolute atomic E-state index is 0. The molecule has 0 atom stereocenters. The number of rotatable bonds is 8. The van der Waals surface area contributed by atoms with Gasteiger partial charge in [0.1, 0.15) is 0 Å². The van der Waals surface area contributed by atoms with Crippen LogP contribution in [0.2, 0.25) is 0 Å². The Morgan fingerprint density at radius 2 is 0.594 bits per heavy atom. The van der Waals surface area contributed by atoms with Gasteiger partial charge in [-0.1, -0.05) is 121 Å². The zero-order chi connectivity index (χ0) is 19.7. The van der Waals surface area contributed by atoms with Crippen LogP contribution in [0.25, 0.3) is 0 Å². The number of halogens is 2. The summed E-state index contributed by atoms with van der Waals surface area (Å²) in [6.07, 6.45) is 3.72. The number of hydrogen-bond donors (Lipinski definition) is 0. The van der Waals surface area contributed by atoms with Gasteiger partial charge < -0.3 is 48.0 Å². The molecule has 0 nitrogen and oxygen atoms in total. The van der Waals surface area contributed by atoms with E-state index in [4.69, 9.17) is 0 Å². The standard InChI is InChI=1S/C27H26P2.2HI.Ni/c1-5-14-24(15-6-1)28(25-16-7-2-8-17-25)22-13-23-29(26-18-9-3-10-19-26)27-20-11-4-12-21-27;;;/h1-12,14-21H,13,22-23H2;2*1H;/q;;;+2/p-2. The molecular formula is C27H26I2NiP2. The van der Waals surface area contributed by atoms with E-state index in [0.717, 1.165) is 0 Å². The van der Waals surface area contributed by atoms with Crippen molar-refractivity contribution in [2.75, 3.05) is 12.3 Å². The zero-order valence-electron chi connectivity index (χ0n) is 17.6. The predicted molar refractivity (Wildman–Crippen MR) is 132 cm³/mol. The Morgan fingerprint density at radius 3 is 0.812 bits per heavy atom. The Labute approximate surface area is 239 Å². The van der Waals surface area contributed by atoms with Gasteiger partial charge in [-0.2, -0.15) is 0 Å². The first-order valence-electron chi connectivity index (χ1n) is 10.2. The minimum Gasteiger partial charge on any atom is -1.00 e. The molecule has 0 aliphatic heterocycles. The van der Waals surface area contributed by atoms with Crippen LogP contribution in [-0.2, 0) is 16.5 Å². The molecule has 0 saturated heterocycles. The smallest absolute Gasteiger partial charge is 1.00 e. The third-order valence-corrected chi connectivity index (χ3v) is 10.2. The molecule has 0 aromatic heterocycles. The molecule has 0 amide bonds. The SMILES string of the molecule is [I-].[I-].[Ni+2].c1ccc(P(CCCP(c2ccccc2)c2ccccc2)c2ccccc2)cc1. The summed E-state index contributed by atoms with van der Waals surface area (Å²) in [5.74, 6) is 0. The van der Waals surface area contributed by atoms with Crippen LogP contribution in [0.5, 0.6) is 0 Å². The number of benzene rings is 4. The average molecular weight is 725 g/mol. The summed E-state index contributed by atoms with van der Waals surface area (Å²) in [5, 5.41) is 5.94. The Hall–Kier alpha value is -0.306. The minimum atomic E-state index is -0.309. The quantitative estimate of drug-likeness (QED) is 0.133. The number of hydrogen-bond acceptors (Lipinski definition) is 0. The first-order valence-corrected chi connectivity index (χ1v) is 13.2. The van der Waals surface area contributed by atoms with Crippen molar-refractivity contribution < 1.29 is 64.4 Å². The molecule has 0 aliphatic rings. The summed E-state index contributed by atoms with van der Waals surface area (Å²) in [7, 11) is -0.618. The van der Waals surface area contributed by atoms with Gasteiger partial charge in [-0.25, -0.2) is 0 Å². The van der Waals surface area contributed by atoms with Crippen molar-refractivity contribution in [2.45, 2.75) is 6.42 Å². The van der Waals surface area contributed by atoms with Crippen LogP contribution >= 0.6 is 15.8 Å². The van der Waals surface area contributed by atoms with Crippen LogP contribution in [0.1, 0.15) is 6.42 Å². The normalized spacial score (nSPS) is 10.1. The molecule has 168 valence electrons. The van der Waals surface area contributed by atoms with Crippen molar-refractivity contribution in [1.82, 2.24) is 0 Å². The summed E-state index contributed by atoms with van der Waals surface area (Å²) in [5.41, 5.74) is 0. The van der Waals surface area contributed by atoms with E-state index >= 15 is 0 Å². The van der Waals surface area contributed by atoms with Gasteiger partial charge in [0, 0.05) is 0 Å². The van der Waals surface area contributed by atoms with E-state index in [9.17, 15) is 0 Å². The molecule has 4 aromatic carbocycles. The summed E-state index contributed by atoms with van der Waals surface area (Å²) >= 11 is 0. The predicted octanol–water partition coefficient (Wildman–Crippen LogP) is -0.352. The van der Waals surface area contributed by atoms with Gasteiger partial charge in [-0.3, -0.25) is 0 Å². The van der Waals surface area contributed by atoms with E-state index in [0.29, 0.717) is 0 Å². The van der Waals surface area contributed by atoms with Crippen molar-refractivity contribution in [1.29, 1.82) is 0 Å². The van der Waals surface area contributed by atoms with E-state index in [1.54, 1.807) is 0 Å². The maximum atomic E-state index is 2.30. The average Bonchev–Trinajstić information content (AvgIpc) is 2.81. The van der Waals surface area contributed by atoms with Crippen LogP contribution in [0, 0.1) is 0 Å². The fraction of sp³-hybridized carbons (Fsp3) is 0.111. The molecule has 4 aromatic rings. The van der Waals surface area contributed by atoms with Crippen molar-refractivity contribution in [2.24, 2.45) is 0 Å². The molecule has 0 fully saturated rings. The second kappa shape index (κ2) is 16.3. The Bertz CT molecular complexity index is 825. The molecule has 0 unspecified atom stereocenters. The first-order chi connectivity index (χ1) is 14.4. The molecule has 0 N–H and O–H groups in total. The van der Waals surface area contributed by atoms with Crippen LogP contribution < -0.4 is 69.2 Å². The van der Waals surface area contributed by atoms with E-state index < -0.39 is 0 Å². The molecule has 4 rings (SSSR count). The van der Waals surface area contributed by atoms with Crippen molar-refractivity contribution >= 4 is 37.1 Å². The Morgan fingerprint density at radius 1 is 0.375 bits per heavy atom. The van der Waals surface area contributed by atoms with Gasteiger partial charge in [-0.05, 0) is 55.8 Å². The van der Waals surface area contributed by atoms with E-state index in [1.807, 2.05) is 0 Å². The molecule has 0 bridgehead atoms. The molecule has 0 heterocycles. The van der Waals surface area contributed by atoms with Gasteiger partial charge in [-0.15, -0.1) is 0 Å². The van der Waals surface area contributed by atoms with Crippen molar-refractivity contribution in [3.8, 4) is 0 Å². The van der Waals surface area contributed by atoms with E-state index in [1.165, 1.54) is 40.0 Å². The summed E-state index contributed by atoms with van der Waals surface area (Å²) in [4.78, 5) is 0. The monoisotopic (exact) mass is 724 g/mol. The fourth-order valence-electron chi connectivity index (χ4n) is 3.63. The largest absolute Gasteiger partial charge is 2.00 e. The molecule has 5 heteroatoms. The maximum absolute atomic E-state index is 2.30. The summed E-state index contributed by atoms with van der Waals surface area (Å²) in [6.45, 7) is 0. The first kappa shape index (κ1) is 29.7. The summed E-state index contributed by atoms with van der Waals surface area (Å²) in [6, 6.07) is 44.3. The van der Waals surface area contributed by atoms with Crippen LogP contribution in [0.4, 0.5) is 0 Å². The third kappa shape index (κ3) is 8.48. The van der Waals surface area contributed by atoms with Crippen molar-refractivity contribution in [3.63, 3.8) is 0 Å². The molecule has 0 radical (unpaired) electrons. The Kier molecular flexibility index (Phi) is 15.2. The van der Waals surface area contributed by atoms with Crippen LogP contribution in [0.3, 0.4) is 0 Å². The van der Waals surface area contributed by atoms with Gasteiger partial charge in [0.15, 0.2) is 0 Å². The van der Waals surface area contributed by atoms with E-state index in [2.05, 4.69) is 121 Å². The van der Waals surface area contributed by atoms with Gasteiger partial charge in [0.05, 0.1) is 0 Å². The fourth-order valence-corrected chi connectivity index (χ4v) is 8.59. The van der Waals surface area contributed by atoms with Gasteiger partial charge >= 0.3 is 16.5 Å². The third-order valence-electron chi connectivity index (χ3n) is 5.03. The molecule has 0 spiro atoms. The van der Waals surface area contributed by atoms with Crippen LogP contribution in [-0.4, -0.2) is 12.3 Å². The Balaban J connectivity index is 0.00000171. The van der Waals surface area contributed by atoms with E-state index in [-0.39, 0.29) is 80.3 Å². The molecular weight excluding hydrogens is 699 g/mol. The van der Waals surface area contributed by atoms with Gasteiger partial charge in [0.2, 0.25) is 0 Å². The second-order valence-corrected chi connectivity index (χ2v) is 11.7. The topological polar surface area (TPSA) is 0 Å². The zero-order valence-corrected chi connectivity index (χ0v) is 24.7. The maximum Gasteiger partial charge on any atom is 2.00 e.